The van der Waals surface area contributed by atoms with E-state index in [0.717, 1.165) is 24.7 Å². The molecule has 1 aromatic carbocycles. The van der Waals surface area contributed by atoms with Crippen molar-refractivity contribution in [1.82, 2.24) is 9.97 Å². The summed E-state index contributed by atoms with van der Waals surface area (Å²) in [7, 11) is -1.08. The number of aliphatic hydroxyl groups is 1. The van der Waals surface area contributed by atoms with Gasteiger partial charge in [-0.05, 0) is 37.0 Å². The van der Waals surface area contributed by atoms with Gasteiger partial charge in [0.2, 0.25) is 5.95 Å². The van der Waals surface area contributed by atoms with Gasteiger partial charge in [0, 0.05) is 37.9 Å². The Balaban J connectivity index is 1.56. The minimum Gasteiger partial charge on any atom is -0.385 e. The number of hydrogen-bond donors (Lipinski definition) is 2. The number of nitrogens with zero attached hydrogens (tertiary/aromatic N) is 3. The van der Waals surface area contributed by atoms with E-state index >= 15 is 0 Å². The summed E-state index contributed by atoms with van der Waals surface area (Å²) in [6.07, 6.45) is 2.18. The van der Waals surface area contributed by atoms with Crippen molar-refractivity contribution in [3.8, 4) is 0 Å². The minimum atomic E-state index is -1.29. The molecule has 1 saturated heterocycles. The third-order valence-corrected chi connectivity index (χ3v) is 6.95. The lowest BCUT2D eigenvalue weighted by molar-refractivity contribution is 0.0109. The summed E-state index contributed by atoms with van der Waals surface area (Å²) >= 11 is 0. The van der Waals surface area contributed by atoms with Crippen LogP contribution in [-0.2, 0) is 22.8 Å². The molecule has 4 rings (SSSR count). The molecule has 0 spiro atoms. The number of aromatic nitrogens is 2. The molecule has 156 valence electrons. The number of fused-ring (bicyclic) bond motifs is 1. The molecule has 2 N–H and O–H groups in total. The number of halogens is 2. The van der Waals surface area contributed by atoms with Crippen molar-refractivity contribution in [2.24, 2.45) is 0 Å². The highest BCUT2D eigenvalue weighted by Gasteiger charge is 2.36. The van der Waals surface area contributed by atoms with Crippen LogP contribution in [0.4, 0.5) is 20.5 Å². The van der Waals surface area contributed by atoms with E-state index in [1.807, 2.05) is 11.8 Å². The van der Waals surface area contributed by atoms with E-state index in [9.17, 15) is 18.1 Å². The van der Waals surface area contributed by atoms with E-state index in [-0.39, 0.29) is 5.56 Å². The average Bonchev–Trinajstić information content (AvgIpc) is 3.07. The molecule has 0 saturated carbocycles. The van der Waals surface area contributed by atoms with Crippen molar-refractivity contribution < 1.29 is 18.1 Å². The molecule has 0 amide bonds. The van der Waals surface area contributed by atoms with Crippen molar-refractivity contribution >= 4 is 22.6 Å². The van der Waals surface area contributed by atoms with E-state index in [1.165, 1.54) is 12.1 Å². The van der Waals surface area contributed by atoms with E-state index in [4.69, 9.17) is 0 Å². The van der Waals surface area contributed by atoms with Gasteiger partial charge in [0.05, 0.1) is 22.1 Å². The first-order chi connectivity index (χ1) is 13.9. The highest BCUT2D eigenvalue weighted by molar-refractivity contribution is 7.85. The molecule has 0 bridgehead atoms. The zero-order valence-electron chi connectivity index (χ0n) is 16.3. The highest BCUT2D eigenvalue weighted by atomic mass is 32.2. The molecule has 9 heteroatoms. The number of nitrogens with one attached hydrogen (secondary N) is 1. The lowest BCUT2D eigenvalue weighted by atomic mass is 9.84. The highest BCUT2D eigenvalue weighted by Crippen LogP contribution is 2.36. The van der Waals surface area contributed by atoms with Crippen molar-refractivity contribution in [2.45, 2.75) is 43.1 Å². The summed E-state index contributed by atoms with van der Waals surface area (Å²) in [5.41, 5.74) is -0.230. The van der Waals surface area contributed by atoms with E-state index in [1.54, 1.807) is 0 Å². The predicted molar refractivity (Wildman–Crippen MR) is 107 cm³/mol. The van der Waals surface area contributed by atoms with Crippen molar-refractivity contribution in [3.05, 3.63) is 41.1 Å². The molecular formula is C20H24F2N4O2S. The number of aryl methyl sites for hydroxylation is 1. The molecule has 2 aliphatic rings. The Morgan fingerprint density at radius 3 is 2.55 bits per heavy atom. The van der Waals surface area contributed by atoms with Gasteiger partial charge in [-0.1, -0.05) is 6.92 Å². The fourth-order valence-electron chi connectivity index (χ4n) is 3.88. The van der Waals surface area contributed by atoms with Crippen LogP contribution >= 0.6 is 0 Å². The first-order valence-corrected chi connectivity index (χ1v) is 11.2. The fourth-order valence-corrected chi connectivity index (χ4v) is 5.20. The summed E-state index contributed by atoms with van der Waals surface area (Å²) in [5.74, 6) is 0.318. The quantitative estimate of drug-likeness (QED) is 0.772. The topological polar surface area (TPSA) is 78.3 Å². The molecule has 29 heavy (non-hydrogen) atoms. The summed E-state index contributed by atoms with van der Waals surface area (Å²) in [6.45, 7) is 3.67. The Morgan fingerprint density at radius 2 is 1.90 bits per heavy atom. The second-order valence-corrected chi connectivity index (χ2v) is 9.06. The molecular weight excluding hydrogens is 398 g/mol. The SMILES string of the molecule is CCCNc1nc(N2CCC(O)(c3cc(F)cc(F)c3)CC2)nc2c1S(=O)CC2. The molecule has 0 aliphatic carbocycles. The lowest BCUT2D eigenvalue weighted by Gasteiger charge is -2.38. The minimum absolute atomic E-state index is 0.255. The fraction of sp³-hybridized carbons (Fsp3) is 0.500. The normalized spacial score (nSPS) is 20.6. The van der Waals surface area contributed by atoms with Crippen molar-refractivity contribution in [3.63, 3.8) is 0 Å². The van der Waals surface area contributed by atoms with Gasteiger partial charge in [-0.3, -0.25) is 4.21 Å². The third kappa shape index (κ3) is 3.98. The molecule has 1 fully saturated rings. The maximum atomic E-state index is 13.6. The van der Waals surface area contributed by atoms with Gasteiger partial charge in [-0.25, -0.2) is 13.8 Å². The number of benzene rings is 1. The van der Waals surface area contributed by atoms with E-state index < -0.39 is 28.0 Å². The third-order valence-electron chi connectivity index (χ3n) is 5.49. The summed E-state index contributed by atoms with van der Waals surface area (Å²) in [4.78, 5) is 11.9. The van der Waals surface area contributed by atoms with Gasteiger partial charge in [0.25, 0.3) is 0 Å². The van der Waals surface area contributed by atoms with Gasteiger partial charge in [-0.2, -0.15) is 4.98 Å². The Morgan fingerprint density at radius 1 is 1.21 bits per heavy atom. The average molecular weight is 423 g/mol. The van der Waals surface area contributed by atoms with Crippen LogP contribution in [0.2, 0.25) is 0 Å². The summed E-state index contributed by atoms with van der Waals surface area (Å²) in [6, 6.07) is 3.18. The molecule has 3 heterocycles. The van der Waals surface area contributed by atoms with Gasteiger partial charge < -0.3 is 15.3 Å². The first kappa shape index (κ1) is 20.2. The van der Waals surface area contributed by atoms with Crippen molar-refractivity contribution in [2.75, 3.05) is 35.6 Å². The first-order valence-electron chi connectivity index (χ1n) is 9.86. The number of hydrogen-bond acceptors (Lipinski definition) is 6. The van der Waals surface area contributed by atoms with Gasteiger partial charge in [0.15, 0.2) is 0 Å². The second-order valence-electron chi connectivity index (χ2n) is 7.55. The van der Waals surface area contributed by atoms with Crippen LogP contribution in [0.1, 0.15) is 37.4 Å². The Hall–Kier alpha value is -2.13. The van der Waals surface area contributed by atoms with E-state index in [0.29, 0.717) is 54.8 Å². The largest absolute Gasteiger partial charge is 0.385 e. The lowest BCUT2D eigenvalue weighted by Crippen LogP contribution is -2.43. The predicted octanol–water partition coefficient (Wildman–Crippen LogP) is 2.73. The standard InChI is InChI=1S/C20H24F2N4O2S/c1-2-6-23-18-17-16(3-9-29(17)28)24-19(25-18)26-7-4-20(27,5-8-26)13-10-14(21)12-15(22)11-13/h10-12,27H,2-9H2,1H3,(H,23,24,25). The van der Waals surface area contributed by atoms with Crippen LogP contribution in [-0.4, -0.2) is 44.7 Å². The van der Waals surface area contributed by atoms with Gasteiger partial charge in [0.1, 0.15) is 22.3 Å². The number of piperidine rings is 1. The molecule has 2 aromatic rings. The van der Waals surface area contributed by atoms with Crippen molar-refractivity contribution in [1.29, 1.82) is 0 Å². The maximum Gasteiger partial charge on any atom is 0.227 e. The molecule has 1 aromatic heterocycles. The Labute approximate surface area is 170 Å². The van der Waals surface area contributed by atoms with Crippen LogP contribution in [0.15, 0.2) is 23.1 Å². The Bertz CT molecular complexity index is 928. The monoisotopic (exact) mass is 422 g/mol. The van der Waals surface area contributed by atoms with E-state index in [2.05, 4.69) is 15.3 Å². The van der Waals surface area contributed by atoms with Crippen LogP contribution in [0.25, 0.3) is 0 Å². The van der Waals surface area contributed by atoms with Gasteiger partial charge >= 0.3 is 0 Å². The number of rotatable bonds is 5. The molecule has 1 atom stereocenters. The molecule has 1 unspecified atom stereocenters. The maximum absolute atomic E-state index is 13.6. The van der Waals surface area contributed by atoms with Crippen LogP contribution in [0, 0.1) is 11.6 Å². The molecule has 6 nitrogen and oxygen atoms in total. The number of anilines is 2. The second kappa shape index (κ2) is 7.95. The summed E-state index contributed by atoms with van der Waals surface area (Å²) in [5, 5.41) is 14.2. The zero-order valence-corrected chi connectivity index (χ0v) is 17.1. The van der Waals surface area contributed by atoms with Crippen LogP contribution < -0.4 is 10.2 Å². The van der Waals surface area contributed by atoms with Gasteiger partial charge in [-0.15, -0.1) is 0 Å². The molecule has 2 aliphatic heterocycles. The summed E-state index contributed by atoms with van der Waals surface area (Å²) < 4.78 is 39.5. The van der Waals surface area contributed by atoms with Crippen LogP contribution in [0.5, 0.6) is 0 Å². The van der Waals surface area contributed by atoms with Crippen LogP contribution in [0.3, 0.4) is 0 Å². The Kier molecular flexibility index (Phi) is 5.52. The smallest absolute Gasteiger partial charge is 0.227 e. The zero-order chi connectivity index (χ0) is 20.6. The molecule has 0 radical (unpaired) electrons.